The van der Waals surface area contributed by atoms with Crippen molar-refractivity contribution in [3.63, 3.8) is 0 Å². The van der Waals surface area contributed by atoms with Crippen molar-refractivity contribution < 1.29 is 0 Å². The van der Waals surface area contributed by atoms with Gasteiger partial charge in [-0.2, -0.15) is 15.0 Å². The zero-order chi connectivity index (χ0) is 19.5. The lowest BCUT2D eigenvalue weighted by atomic mass is 9.96. The molecule has 9 nitrogen and oxygen atoms in total. The third kappa shape index (κ3) is 4.82. The summed E-state index contributed by atoms with van der Waals surface area (Å²) in [5.74, 6) is 2.05. The molecule has 4 rings (SSSR count). The van der Waals surface area contributed by atoms with Gasteiger partial charge in [0.15, 0.2) is 0 Å². The van der Waals surface area contributed by atoms with E-state index in [4.69, 9.17) is 32.2 Å². The summed E-state index contributed by atoms with van der Waals surface area (Å²) in [7, 11) is 0. The summed E-state index contributed by atoms with van der Waals surface area (Å²) in [6.07, 6.45) is 9.14. The van der Waals surface area contributed by atoms with E-state index in [0.717, 1.165) is 45.4 Å². The normalized spacial score (nSPS) is 29.8. The smallest absolute Gasteiger partial charge is 0.232 e. The number of nitrogens with one attached hydrogen (secondary N) is 1. The van der Waals surface area contributed by atoms with Crippen molar-refractivity contribution in [2.45, 2.75) is 75.5 Å². The van der Waals surface area contributed by atoms with Gasteiger partial charge in [0.1, 0.15) is 0 Å². The highest BCUT2D eigenvalue weighted by Crippen LogP contribution is 2.25. The number of nitrogens with zero attached hydrogens (tertiary/aromatic N) is 5. The number of hydrogen-bond acceptors (Lipinski definition) is 9. The highest BCUT2D eigenvalue weighted by Gasteiger charge is 2.27. The lowest BCUT2D eigenvalue weighted by Crippen LogP contribution is -2.53. The molecule has 28 heavy (non-hydrogen) atoms. The molecule has 9 heteroatoms. The Balaban J connectivity index is 1.60. The van der Waals surface area contributed by atoms with Gasteiger partial charge in [-0.05, 0) is 32.1 Å². The minimum atomic E-state index is 0.0436. The van der Waals surface area contributed by atoms with Crippen LogP contribution in [-0.4, -0.2) is 65.3 Å². The molecule has 0 amide bonds. The molecule has 3 heterocycles. The molecule has 1 aromatic rings. The zero-order valence-corrected chi connectivity index (χ0v) is 16.8. The van der Waals surface area contributed by atoms with Crippen LogP contribution in [0.25, 0.3) is 0 Å². The van der Waals surface area contributed by atoms with Gasteiger partial charge in [-0.3, -0.25) is 0 Å². The molecule has 1 aromatic heterocycles. The van der Waals surface area contributed by atoms with Crippen LogP contribution in [0.15, 0.2) is 0 Å². The van der Waals surface area contributed by atoms with Crippen molar-refractivity contribution in [1.29, 1.82) is 0 Å². The fourth-order valence-corrected chi connectivity index (χ4v) is 4.66. The van der Waals surface area contributed by atoms with Crippen LogP contribution in [0.3, 0.4) is 0 Å². The average Bonchev–Trinajstić information content (AvgIpc) is 2.68. The molecule has 0 spiro atoms. The molecule has 3 fully saturated rings. The van der Waals surface area contributed by atoms with E-state index in [-0.39, 0.29) is 18.1 Å². The molecule has 2 aliphatic heterocycles. The Labute approximate surface area is 167 Å². The first-order valence-electron chi connectivity index (χ1n) is 10.9. The van der Waals surface area contributed by atoms with E-state index >= 15 is 0 Å². The summed E-state index contributed by atoms with van der Waals surface area (Å²) in [6, 6.07) is 0.691. The largest absolute Gasteiger partial charge is 0.351 e. The highest BCUT2D eigenvalue weighted by molar-refractivity contribution is 5.46. The number of hydrogen-bond donors (Lipinski definition) is 4. The second-order valence-corrected chi connectivity index (χ2v) is 8.75. The summed E-state index contributed by atoms with van der Waals surface area (Å²) in [6.45, 7) is 3.16. The molecule has 7 N–H and O–H groups in total. The van der Waals surface area contributed by atoms with Gasteiger partial charge < -0.3 is 32.3 Å². The maximum absolute atomic E-state index is 6.20. The van der Waals surface area contributed by atoms with Crippen molar-refractivity contribution in [3.05, 3.63) is 0 Å². The highest BCUT2D eigenvalue weighted by atomic mass is 15.4. The predicted octanol–water partition coefficient (Wildman–Crippen LogP) is 0.408. The van der Waals surface area contributed by atoms with E-state index in [9.17, 15) is 0 Å². The SMILES string of the molecule is N[C@@H]1C[C@H](N)CN(c2nc(NC3CCCCC3)nc(N3CCC[C@H](N)C3)n2)C1. The minimum Gasteiger partial charge on any atom is -0.351 e. The first-order chi connectivity index (χ1) is 13.6. The Bertz CT molecular complexity index is 638. The van der Waals surface area contributed by atoms with Crippen LogP contribution in [0.5, 0.6) is 0 Å². The maximum Gasteiger partial charge on any atom is 0.232 e. The monoisotopic (exact) mass is 389 g/mol. The van der Waals surface area contributed by atoms with Crippen LogP contribution in [0.1, 0.15) is 51.4 Å². The Kier molecular flexibility index (Phi) is 6.13. The average molecular weight is 390 g/mol. The first kappa shape index (κ1) is 19.6. The molecule has 2 saturated heterocycles. The van der Waals surface area contributed by atoms with E-state index in [1.165, 1.54) is 32.1 Å². The van der Waals surface area contributed by atoms with E-state index in [1.54, 1.807) is 0 Å². The molecule has 0 bridgehead atoms. The molecule has 0 unspecified atom stereocenters. The summed E-state index contributed by atoms with van der Waals surface area (Å²) in [5.41, 5.74) is 18.6. The molecule has 1 saturated carbocycles. The molecular weight excluding hydrogens is 354 g/mol. The fraction of sp³-hybridized carbons (Fsp3) is 0.842. The summed E-state index contributed by atoms with van der Waals surface area (Å²) in [4.78, 5) is 18.6. The lowest BCUT2D eigenvalue weighted by molar-refractivity contribution is 0.445. The van der Waals surface area contributed by atoms with E-state index in [2.05, 4.69) is 15.1 Å². The molecule has 0 aromatic carbocycles. The van der Waals surface area contributed by atoms with E-state index in [0.29, 0.717) is 23.9 Å². The van der Waals surface area contributed by atoms with Crippen LogP contribution in [0.4, 0.5) is 17.8 Å². The predicted molar refractivity (Wildman–Crippen MR) is 113 cm³/mol. The van der Waals surface area contributed by atoms with Crippen molar-refractivity contribution in [2.24, 2.45) is 17.2 Å². The Hall–Kier alpha value is -1.71. The van der Waals surface area contributed by atoms with Crippen molar-refractivity contribution in [2.75, 3.05) is 41.3 Å². The fourth-order valence-electron chi connectivity index (χ4n) is 4.66. The number of anilines is 3. The van der Waals surface area contributed by atoms with Crippen LogP contribution in [0, 0.1) is 0 Å². The van der Waals surface area contributed by atoms with Gasteiger partial charge in [-0.15, -0.1) is 0 Å². The van der Waals surface area contributed by atoms with E-state index < -0.39 is 0 Å². The van der Waals surface area contributed by atoms with Gasteiger partial charge in [0, 0.05) is 50.3 Å². The van der Waals surface area contributed by atoms with Gasteiger partial charge in [-0.25, -0.2) is 0 Å². The first-order valence-corrected chi connectivity index (χ1v) is 10.9. The molecule has 1 aliphatic carbocycles. The van der Waals surface area contributed by atoms with Crippen molar-refractivity contribution in [3.8, 4) is 0 Å². The molecule has 156 valence electrons. The second kappa shape index (κ2) is 8.75. The Morgan fingerprint density at radius 3 is 2.04 bits per heavy atom. The molecule has 3 aliphatic rings. The second-order valence-electron chi connectivity index (χ2n) is 8.75. The Morgan fingerprint density at radius 1 is 0.714 bits per heavy atom. The third-order valence-corrected chi connectivity index (χ3v) is 6.09. The van der Waals surface area contributed by atoms with Crippen LogP contribution in [0.2, 0.25) is 0 Å². The van der Waals surface area contributed by atoms with Crippen LogP contribution in [-0.2, 0) is 0 Å². The minimum absolute atomic E-state index is 0.0436. The Morgan fingerprint density at radius 2 is 1.36 bits per heavy atom. The number of rotatable bonds is 4. The number of aromatic nitrogens is 3. The summed E-state index contributed by atoms with van der Waals surface area (Å²) >= 11 is 0. The van der Waals surface area contributed by atoms with E-state index in [1.807, 2.05) is 0 Å². The standard InChI is InChI=1S/C19H35N9/c20-13-5-4-8-27(10-13)18-24-17(23-16-6-2-1-3-7-16)25-19(26-18)28-11-14(21)9-15(22)12-28/h13-16H,1-12,20-22H2,(H,23,24,25,26)/t13-,14-,15+/m0/s1. The summed E-state index contributed by atoms with van der Waals surface area (Å²) in [5, 5.41) is 3.56. The van der Waals surface area contributed by atoms with Gasteiger partial charge in [0.05, 0.1) is 0 Å². The zero-order valence-electron chi connectivity index (χ0n) is 16.8. The van der Waals surface area contributed by atoms with Crippen molar-refractivity contribution >= 4 is 17.8 Å². The molecule has 0 radical (unpaired) electrons. The van der Waals surface area contributed by atoms with Crippen LogP contribution < -0.4 is 32.3 Å². The third-order valence-electron chi connectivity index (χ3n) is 6.09. The van der Waals surface area contributed by atoms with Gasteiger partial charge in [-0.1, -0.05) is 19.3 Å². The molecule has 3 atom stereocenters. The number of nitrogens with two attached hydrogens (primary N) is 3. The quantitative estimate of drug-likeness (QED) is 0.577. The lowest BCUT2D eigenvalue weighted by Gasteiger charge is -2.36. The number of piperidine rings is 2. The van der Waals surface area contributed by atoms with Gasteiger partial charge in [0.25, 0.3) is 0 Å². The van der Waals surface area contributed by atoms with Gasteiger partial charge >= 0.3 is 0 Å². The summed E-state index contributed by atoms with van der Waals surface area (Å²) < 4.78 is 0. The topological polar surface area (TPSA) is 135 Å². The maximum atomic E-state index is 6.20. The van der Waals surface area contributed by atoms with Gasteiger partial charge in [0.2, 0.25) is 17.8 Å². The van der Waals surface area contributed by atoms with Crippen LogP contribution >= 0.6 is 0 Å². The molecular formula is C19H35N9. The van der Waals surface area contributed by atoms with Crippen molar-refractivity contribution in [1.82, 2.24) is 15.0 Å².